The maximum atomic E-state index is 14.9. The van der Waals surface area contributed by atoms with Gasteiger partial charge in [-0.2, -0.15) is 10.1 Å². The molecule has 32 heavy (non-hydrogen) atoms. The second-order valence-corrected chi connectivity index (χ2v) is 10.6. The van der Waals surface area contributed by atoms with Crippen molar-refractivity contribution < 1.29 is 21.9 Å². The van der Waals surface area contributed by atoms with Crippen molar-refractivity contribution >= 4 is 21.4 Å². The lowest BCUT2D eigenvalue weighted by atomic mass is 10.0. The van der Waals surface area contributed by atoms with Crippen LogP contribution in [0.4, 0.5) is 8.78 Å². The van der Waals surface area contributed by atoms with Gasteiger partial charge in [0.05, 0.1) is 17.9 Å². The van der Waals surface area contributed by atoms with Crippen LogP contribution in [0.3, 0.4) is 0 Å². The third-order valence-corrected chi connectivity index (χ3v) is 6.83. The summed E-state index contributed by atoms with van der Waals surface area (Å²) in [5, 5.41) is 5.92. The number of hydrogen-bond donors (Lipinski definition) is 1. The van der Waals surface area contributed by atoms with Crippen molar-refractivity contribution in [2.24, 2.45) is 11.8 Å². The van der Waals surface area contributed by atoms with Crippen molar-refractivity contribution in [2.45, 2.75) is 31.8 Å². The first-order chi connectivity index (χ1) is 15.1. The van der Waals surface area contributed by atoms with E-state index in [4.69, 9.17) is 16.3 Å². The molecule has 4 rings (SSSR count). The summed E-state index contributed by atoms with van der Waals surface area (Å²) in [5.74, 6) is -1.26. The van der Waals surface area contributed by atoms with E-state index in [2.05, 4.69) is 20.2 Å². The van der Waals surface area contributed by atoms with Gasteiger partial charge in [-0.3, -0.25) is 0 Å². The molecule has 1 fully saturated rings. The molecule has 170 valence electrons. The van der Waals surface area contributed by atoms with E-state index in [0.29, 0.717) is 6.61 Å². The minimum atomic E-state index is -3.66. The van der Waals surface area contributed by atoms with Crippen LogP contribution in [0, 0.1) is 23.5 Å². The summed E-state index contributed by atoms with van der Waals surface area (Å²) in [4.78, 5) is 7.98. The number of pyridine rings is 1. The number of benzene rings is 1. The van der Waals surface area contributed by atoms with Gasteiger partial charge in [0.15, 0.2) is 5.82 Å². The fraction of sp³-hybridized carbons (Fsp3) is 0.381. The molecule has 0 spiro atoms. The smallest absolute Gasteiger partial charge is 0.243 e. The van der Waals surface area contributed by atoms with E-state index in [1.807, 2.05) is 13.8 Å². The van der Waals surface area contributed by atoms with Crippen LogP contribution in [0.25, 0.3) is 22.5 Å². The Kier molecular flexibility index (Phi) is 6.17. The van der Waals surface area contributed by atoms with Crippen LogP contribution in [0.1, 0.15) is 26.7 Å². The van der Waals surface area contributed by atoms with Gasteiger partial charge >= 0.3 is 0 Å². The third-order valence-electron chi connectivity index (χ3n) is 4.88. The van der Waals surface area contributed by atoms with Gasteiger partial charge in [-0.1, -0.05) is 25.4 Å². The minimum Gasteiger partial charge on any atom is -0.476 e. The topological polar surface area (TPSA) is 97.8 Å². The van der Waals surface area contributed by atoms with Crippen LogP contribution in [0.5, 0.6) is 5.88 Å². The lowest BCUT2D eigenvalue weighted by molar-refractivity contribution is 0.261. The maximum absolute atomic E-state index is 14.9. The zero-order chi connectivity index (χ0) is 23.0. The number of nitrogens with one attached hydrogen (secondary N) is 1. The van der Waals surface area contributed by atoms with Gasteiger partial charge in [-0.05, 0) is 42.9 Å². The number of aromatic nitrogens is 4. The summed E-state index contributed by atoms with van der Waals surface area (Å²) in [6.07, 6.45) is 3.05. The van der Waals surface area contributed by atoms with Gasteiger partial charge in [0.25, 0.3) is 0 Å². The van der Waals surface area contributed by atoms with E-state index in [9.17, 15) is 17.2 Å². The van der Waals surface area contributed by atoms with Crippen molar-refractivity contribution in [1.29, 1.82) is 0 Å². The molecule has 0 atom stereocenters. The Balaban J connectivity index is 1.61. The lowest BCUT2D eigenvalue weighted by Gasteiger charge is -2.11. The molecule has 1 aliphatic rings. The molecule has 1 N–H and O–H groups in total. The Labute approximate surface area is 189 Å². The molecule has 0 amide bonds. The summed E-state index contributed by atoms with van der Waals surface area (Å²) in [6, 6.07) is 3.33. The lowest BCUT2D eigenvalue weighted by Crippen LogP contribution is -2.10. The average Bonchev–Trinajstić information content (AvgIpc) is 3.37. The van der Waals surface area contributed by atoms with E-state index < -0.39 is 21.5 Å². The molecule has 0 aliphatic heterocycles. The first kappa shape index (κ1) is 22.6. The van der Waals surface area contributed by atoms with Crippen molar-refractivity contribution in [2.75, 3.05) is 12.4 Å². The maximum Gasteiger partial charge on any atom is 0.243 e. The molecule has 11 heteroatoms. The molecule has 1 aromatic carbocycles. The first-order valence-corrected chi connectivity index (χ1v) is 12.1. The molecule has 0 bridgehead atoms. The number of nitrogens with zero attached hydrogens (tertiary/aromatic N) is 3. The fourth-order valence-corrected chi connectivity index (χ4v) is 4.79. The van der Waals surface area contributed by atoms with E-state index in [1.165, 1.54) is 12.3 Å². The highest BCUT2D eigenvalue weighted by molar-refractivity contribution is 7.91. The average molecular weight is 483 g/mol. The highest BCUT2D eigenvalue weighted by atomic mass is 35.5. The van der Waals surface area contributed by atoms with E-state index in [-0.39, 0.29) is 56.2 Å². The normalized spacial score (nSPS) is 14.2. The van der Waals surface area contributed by atoms with Crippen molar-refractivity contribution in [3.05, 3.63) is 41.1 Å². The quantitative estimate of drug-likeness (QED) is 0.500. The Morgan fingerprint density at radius 3 is 2.53 bits per heavy atom. The second kappa shape index (κ2) is 8.74. The van der Waals surface area contributed by atoms with Crippen molar-refractivity contribution in [3.8, 4) is 28.4 Å². The zero-order valence-electron chi connectivity index (χ0n) is 17.4. The number of ether oxygens (including phenoxy) is 1. The fourth-order valence-electron chi connectivity index (χ4n) is 3.04. The Morgan fingerprint density at radius 2 is 1.88 bits per heavy atom. The predicted molar refractivity (Wildman–Crippen MR) is 115 cm³/mol. The highest BCUT2D eigenvalue weighted by Gasteiger charge is 2.31. The number of aromatic amines is 1. The van der Waals surface area contributed by atoms with Crippen LogP contribution in [0.15, 0.2) is 29.6 Å². The number of sulfone groups is 1. The molecular formula is C21H21ClF2N4O3S. The summed E-state index contributed by atoms with van der Waals surface area (Å²) >= 11 is 6.18. The molecule has 0 radical (unpaired) electrons. The molecule has 0 unspecified atom stereocenters. The first-order valence-electron chi connectivity index (χ1n) is 10.1. The zero-order valence-corrected chi connectivity index (χ0v) is 19.0. The minimum absolute atomic E-state index is 0.0396. The molecule has 2 heterocycles. The summed E-state index contributed by atoms with van der Waals surface area (Å²) in [5.41, 5.74) is -0.0583. The van der Waals surface area contributed by atoms with Gasteiger partial charge < -0.3 is 4.74 Å². The molecule has 3 aromatic rings. The molecule has 1 aliphatic carbocycles. The number of halogens is 3. The summed E-state index contributed by atoms with van der Waals surface area (Å²) in [6.45, 7) is 4.36. The van der Waals surface area contributed by atoms with Crippen molar-refractivity contribution in [3.63, 3.8) is 0 Å². The number of rotatable bonds is 8. The SMILES string of the molecule is CC(C)COc1ncc(-c2cc(F)c(-c3n[nH]c(S(=O)(=O)CC4CC4)n3)cc2F)cc1Cl. The van der Waals surface area contributed by atoms with Gasteiger partial charge in [0.2, 0.25) is 20.9 Å². The van der Waals surface area contributed by atoms with E-state index in [1.54, 1.807) is 0 Å². The number of hydrogen-bond acceptors (Lipinski definition) is 6. The standard InChI is InChI=1S/C21H21ClF2N4O3S/c1-11(2)9-31-20-16(22)5-13(8-25-20)14-6-18(24)15(7-17(14)23)19-26-21(28-27-19)32(29,30)10-12-3-4-12/h5-8,11-12H,3-4,9-10H2,1-2H3,(H,26,27,28). The Bertz CT molecular complexity index is 1260. The third kappa shape index (κ3) is 4.91. The number of H-pyrrole nitrogens is 1. The molecule has 0 saturated heterocycles. The Morgan fingerprint density at radius 1 is 1.19 bits per heavy atom. The molecule has 2 aromatic heterocycles. The predicted octanol–water partition coefficient (Wildman–Crippen LogP) is 4.68. The van der Waals surface area contributed by atoms with Crippen LogP contribution in [0.2, 0.25) is 5.02 Å². The van der Waals surface area contributed by atoms with Gasteiger partial charge in [0.1, 0.15) is 16.7 Å². The van der Waals surface area contributed by atoms with E-state index >= 15 is 0 Å². The van der Waals surface area contributed by atoms with Gasteiger partial charge in [-0.25, -0.2) is 27.3 Å². The molecule has 1 saturated carbocycles. The van der Waals surface area contributed by atoms with Gasteiger partial charge in [-0.15, -0.1) is 0 Å². The van der Waals surface area contributed by atoms with Crippen molar-refractivity contribution in [1.82, 2.24) is 20.2 Å². The second-order valence-electron chi connectivity index (χ2n) is 8.22. The van der Waals surface area contributed by atoms with Crippen LogP contribution < -0.4 is 4.74 Å². The molecular weight excluding hydrogens is 462 g/mol. The van der Waals surface area contributed by atoms with Crippen LogP contribution in [-0.4, -0.2) is 40.9 Å². The highest BCUT2D eigenvalue weighted by Crippen LogP contribution is 2.34. The van der Waals surface area contributed by atoms with Gasteiger partial charge in [0, 0.05) is 17.3 Å². The Hall–Kier alpha value is -2.59. The monoisotopic (exact) mass is 482 g/mol. The summed E-state index contributed by atoms with van der Waals surface area (Å²) in [7, 11) is -3.66. The van der Waals surface area contributed by atoms with Crippen LogP contribution >= 0.6 is 11.6 Å². The van der Waals surface area contributed by atoms with E-state index in [0.717, 1.165) is 25.0 Å². The van der Waals surface area contributed by atoms with Crippen LogP contribution in [-0.2, 0) is 9.84 Å². The summed E-state index contributed by atoms with van der Waals surface area (Å²) < 4.78 is 59.8. The largest absolute Gasteiger partial charge is 0.476 e. The molecule has 7 nitrogen and oxygen atoms in total.